The van der Waals surface area contributed by atoms with Crippen LogP contribution in [0.1, 0.15) is 50.0 Å². The minimum atomic E-state index is -0.298. The lowest BCUT2D eigenvalue weighted by atomic mass is 9.90. The van der Waals surface area contributed by atoms with Gasteiger partial charge in [0.05, 0.1) is 0 Å². The second kappa shape index (κ2) is 8.00. The first-order chi connectivity index (χ1) is 13.6. The minimum Gasteiger partial charge on any atom is -0.207 e. The van der Waals surface area contributed by atoms with E-state index in [2.05, 4.69) is 32.0 Å². The van der Waals surface area contributed by atoms with E-state index in [1.54, 1.807) is 23.5 Å². The predicted molar refractivity (Wildman–Crippen MR) is 117 cm³/mol. The zero-order chi connectivity index (χ0) is 19.7. The summed E-state index contributed by atoms with van der Waals surface area (Å²) in [6, 6.07) is 13.4. The zero-order valence-corrected chi connectivity index (χ0v) is 17.1. The third-order valence-corrected chi connectivity index (χ3v) is 6.68. The van der Waals surface area contributed by atoms with Crippen molar-refractivity contribution in [2.45, 2.75) is 46.0 Å². The molecule has 0 saturated heterocycles. The molecule has 3 heteroatoms. The molecule has 3 aromatic rings. The summed E-state index contributed by atoms with van der Waals surface area (Å²) in [5.74, 6) is -0.512. The minimum absolute atomic E-state index is 0.214. The van der Waals surface area contributed by atoms with Crippen LogP contribution in [0.4, 0.5) is 8.78 Å². The number of halogens is 2. The summed E-state index contributed by atoms with van der Waals surface area (Å²) in [6.45, 7) is 4.24. The summed E-state index contributed by atoms with van der Waals surface area (Å²) in [5.41, 5.74) is 3.85. The highest BCUT2D eigenvalue weighted by Crippen LogP contribution is 2.36. The van der Waals surface area contributed by atoms with Gasteiger partial charge >= 0.3 is 0 Å². The van der Waals surface area contributed by atoms with Crippen molar-refractivity contribution in [3.8, 4) is 11.1 Å². The van der Waals surface area contributed by atoms with Crippen LogP contribution in [-0.4, -0.2) is 0 Å². The molecule has 1 aromatic heterocycles. The second-order valence-corrected chi connectivity index (χ2v) is 8.56. The quantitative estimate of drug-likeness (QED) is 0.407. The summed E-state index contributed by atoms with van der Waals surface area (Å²) in [6.07, 6.45) is 6.09. The summed E-state index contributed by atoms with van der Waals surface area (Å²) < 4.78 is 30.7. The van der Waals surface area contributed by atoms with E-state index in [-0.39, 0.29) is 11.6 Å². The van der Waals surface area contributed by atoms with Crippen LogP contribution in [0.25, 0.3) is 26.8 Å². The molecule has 0 saturated carbocycles. The van der Waals surface area contributed by atoms with E-state index in [1.807, 2.05) is 12.1 Å². The third-order valence-electron chi connectivity index (χ3n) is 5.43. The highest BCUT2D eigenvalue weighted by molar-refractivity contribution is 7.19. The average Bonchev–Trinajstić information content (AvgIpc) is 3.11. The molecule has 144 valence electrons. The average molecular weight is 395 g/mol. The van der Waals surface area contributed by atoms with E-state index in [9.17, 15) is 8.78 Å². The van der Waals surface area contributed by atoms with Crippen LogP contribution in [0.3, 0.4) is 0 Å². The first kappa shape index (κ1) is 19.1. The van der Waals surface area contributed by atoms with Gasteiger partial charge in [0.15, 0.2) is 0 Å². The lowest BCUT2D eigenvalue weighted by Gasteiger charge is -2.17. The maximum Gasteiger partial charge on any atom is 0.131 e. The first-order valence-corrected chi connectivity index (χ1v) is 10.8. The molecule has 0 radical (unpaired) electrons. The van der Waals surface area contributed by atoms with Gasteiger partial charge in [0.25, 0.3) is 0 Å². The van der Waals surface area contributed by atoms with Crippen molar-refractivity contribution in [3.63, 3.8) is 0 Å². The molecule has 0 aliphatic heterocycles. The van der Waals surface area contributed by atoms with Gasteiger partial charge in [-0.25, -0.2) is 8.78 Å². The van der Waals surface area contributed by atoms with E-state index in [0.717, 1.165) is 36.8 Å². The molecule has 4 rings (SSSR count). The summed E-state index contributed by atoms with van der Waals surface area (Å²) in [7, 11) is 0. The standard InChI is InChI=1S/C25H24F2S/c1-3-5-16-6-10-21(23(26)12-16)17-9-11-22(24(27)14-17)18-7-8-19-13-20(4-2)28-25(19)15-18/h7-9,11-15H,3-6,10H2,1-2H3. The van der Waals surface area contributed by atoms with E-state index in [1.165, 1.54) is 21.0 Å². The Morgan fingerprint density at radius 1 is 0.929 bits per heavy atom. The molecule has 0 amide bonds. The molecule has 0 nitrogen and oxygen atoms in total. The number of allylic oxidation sites excluding steroid dienone is 4. The van der Waals surface area contributed by atoms with Crippen LogP contribution in [0.2, 0.25) is 0 Å². The Hall–Kier alpha value is -2.26. The SMILES string of the molecule is CCCC1=CC(F)=C(c2ccc(-c3ccc4cc(CC)sc4c3)c(F)c2)CC1. The van der Waals surface area contributed by atoms with E-state index >= 15 is 0 Å². The third kappa shape index (κ3) is 3.68. The van der Waals surface area contributed by atoms with Gasteiger partial charge in [-0.3, -0.25) is 0 Å². The molecular formula is C25H24F2S. The van der Waals surface area contributed by atoms with E-state index < -0.39 is 0 Å². The molecule has 0 spiro atoms. The summed E-state index contributed by atoms with van der Waals surface area (Å²) in [5, 5.41) is 1.20. The number of fused-ring (bicyclic) bond motifs is 1. The van der Waals surface area contributed by atoms with Crippen LogP contribution >= 0.6 is 11.3 Å². The molecule has 1 aliphatic carbocycles. The molecule has 28 heavy (non-hydrogen) atoms. The first-order valence-electron chi connectivity index (χ1n) is 10.00. The number of thiophene rings is 1. The predicted octanol–water partition coefficient (Wildman–Crippen LogP) is 8.47. The molecule has 0 N–H and O–H groups in total. The van der Waals surface area contributed by atoms with Crippen LogP contribution < -0.4 is 0 Å². The fraction of sp³-hybridized carbons (Fsp3) is 0.280. The van der Waals surface area contributed by atoms with E-state index in [4.69, 9.17) is 0 Å². The Bertz CT molecular complexity index is 1090. The fourth-order valence-electron chi connectivity index (χ4n) is 3.91. The highest BCUT2D eigenvalue weighted by atomic mass is 32.1. The lowest BCUT2D eigenvalue weighted by Crippen LogP contribution is -1.98. The maximum atomic E-state index is 14.9. The Balaban J connectivity index is 1.68. The van der Waals surface area contributed by atoms with Crippen molar-refractivity contribution in [1.29, 1.82) is 0 Å². The Labute approximate surface area is 169 Å². The zero-order valence-electron chi connectivity index (χ0n) is 16.3. The van der Waals surface area contributed by atoms with Crippen LogP contribution in [0.15, 0.2) is 59.9 Å². The number of hydrogen-bond donors (Lipinski definition) is 0. The molecule has 1 heterocycles. The monoisotopic (exact) mass is 394 g/mol. The van der Waals surface area contributed by atoms with Gasteiger partial charge in [-0.1, -0.05) is 50.1 Å². The van der Waals surface area contributed by atoms with Crippen LogP contribution in [0.5, 0.6) is 0 Å². The van der Waals surface area contributed by atoms with Crippen molar-refractivity contribution in [2.75, 3.05) is 0 Å². The van der Waals surface area contributed by atoms with Crippen LogP contribution in [0, 0.1) is 5.82 Å². The lowest BCUT2D eigenvalue weighted by molar-refractivity contribution is 0.629. The van der Waals surface area contributed by atoms with Gasteiger partial charge in [0, 0.05) is 15.1 Å². The van der Waals surface area contributed by atoms with Crippen molar-refractivity contribution in [3.05, 3.63) is 76.2 Å². The smallest absolute Gasteiger partial charge is 0.131 e. The van der Waals surface area contributed by atoms with Gasteiger partial charge in [-0.05, 0) is 72.0 Å². The van der Waals surface area contributed by atoms with Crippen molar-refractivity contribution >= 4 is 27.0 Å². The maximum absolute atomic E-state index is 14.9. The number of rotatable bonds is 5. The summed E-state index contributed by atoms with van der Waals surface area (Å²) >= 11 is 1.76. The Kier molecular flexibility index (Phi) is 5.45. The Morgan fingerprint density at radius 3 is 2.46 bits per heavy atom. The number of aryl methyl sites for hydroxylation is 1. The molecular weight excluding hydrogens is 370 g/mol. The van der Waals surface area contributed by atoms with Gasteiger partial charge < -0.3 is 0 Å². The van der Waals surface area contributed by atoms with E-state index in [0.29, 0.717) is 23.1 Å². The summed E-state index contributed by atoms with van der Waals surface area (Å²) in [4.78, 5) is 1.33. The van der Waals surface area contributed by atoms with Gasteiger partial charge in [-0.2, -0.15) is 0 Å². The topological polar surface area (TPSA) is 0 Å². The fourth-order valence-corrected chi connectivity index (χ4v) is 4.95. The van der Waals surface area contributed by atoms with Gasteiger partial charge in [0.2, 0.25) is 0 Å². The van der Waals surface area contributed by atoms with Crippen molar-refractivity contribution in [2.24, 2.45) is 0 Å². The molecule has 0 bridgehead atoms. The van der Waals surface area contributed by atoms with Gasteiger partial charge in [0.1, 0.15) is 11.6 Å². The second-order valence-electron chi connectivity index (χ2n) is 7.39. The highest BCUT2D eigenvalue weighted by Gasteiger charge is 2.17. The molecule has 0 unspecified atom stereocenters. The largest absolute Gasteiger partial charge is 0.207 e. The molecule has 0 fully saturated rings. The van der Waals surface area contributed by atoms with Crippen LogP contribution in [-0.2, 0) is 6.42 Å². The molecule has 2 aromatic carbocycles. The number of hydrogen-bond acceptors (Lipinski definition) is 1. The normalized spacial score (nSPS) is 14.6. The Morgan fingerprint density at radius 2 is 1.75 bits per heavy atom. The van der Waals surface area contributed by atoms with Crippen molar-refractivity contribution in [1.82, 2.24) is 0 Å². The number of benzene rings is 2. The van der Waals surface area contributed by atoms with Crippen molar-refractivity contribution < 1.29 is 8.78 Å². The van der Waals surface area contributed by atoms with Gasteiger partial charge in [-0.15, -0.1) is 11.3 Å². The molecule has 0 atom stereocenters. The molecule has 1 aliphatic rings.